The van der Waals surface area contributed by atoms with E-state index in [1.807, 2.05) is 6.07 Å². The van der Waals surface area contributed by atoms with Crippen molar-refractivity contribution in [2.24, 2.45) is 11.8 Å². The average Bonchev–Trinajstić information content (AvgIpc) is 2.32. The minimum Gasteiger partial charge on any atom is -0.392 e. The highest BCUT2D eigenvalue weighted by molar-refractivity contribution is 9.10. The van der Waals surface area contributed by atoms with E-state index in [0.29, 0.717) is 0 Å². The number of benzene rings is 1. The van der Waals surface area contributed by atoms with Crippen LogP contribution in [0.4, 0.5) is 5.69 Å². The number of hydrogen-bond acceptors (Lipinski definition) is 2. The van der Waals surface area contributed by atoms with Gasteiger partial charge in [-0.15, -0.1) is 0 Å². The van der Waals surface area contributed by atoms with Gasteiger partial charge >= 0.3 is 0 Å². The lowest BCUT2D eigenvalue weighted by atomic mass is 9.88. The van der Waals surface area contributed by atoms with Gasteiger partial charge in [-0.3, -0.25) is 0 Å². The molecule has 0 bridgehead atoms. The highest BCUT2D eigenvalue weighted by Crippen LogP contribution is 2.30. The molecule has 2 atom stereocenters. The Bertz CT molecular complexity index is 394. The summed E-state index contributed by atoms with van der Waals surface area (Å²) in [6.45, 7) is 6.94. The normalized spacial score (nSPS) is 25.1. The SMILES string of the molecule is CC1CCN(c2ccc(Br)cc2CO)CC1C. The second-order valence-corrected chi connectivity index (χ2v) is 6.04. The fourth-order valence-corrected chi connectivity index (χ4v) is 2.88. The number of anilines is 1. The summed E-state index contributed by atoms with van der Waals surface area (Å²) >= 11 is 3.45. The summed E-state index contributed by atoms with van der Waals surface area (Å²) in [5.41, 5.74) is 2.20. The molecule has 17 heavy (non-hydrogen) atoms. The van der Waals surface area contributed by atoms with E-state index in [1.54, 1.807) is 0 Å². The molecule has 0 amide bonds. The number of aliphatic hydroxyl groups is 1. The Balaban J connectivity index is 2.22. The first-order valence-electron chi connectivity index (χ1n) is 6.26. The van der Waals surface area contributed by atoms with Gasteiger partial charge in [-0.25, -0.2) is 0 Å². The van der Waals surface area contributed by atoms with E-state index in [4.69, 9.17) is 0 Å². The van der Waals surface area contributed by atoms with Crippen molar-refractivity contribution in [3.05, 3.63) is 28.2 Å². The largest absolute Gasteiger partial charge is 0.392 e. The summed E-state index contributed by atoms with van der Waals surface area (Å²) < 4.78 is 1.03. The molecule has 1 fully saturated rings. The predicted molar refractivity (Wildman–Crippen MR) is 75.2 cm³/mol. The van der Waals surface area contributed by atoms with Gasteiger partial charge in [0.1, 0.15) is 0 Å². The van der Waals surface area contributed by atoms with Gasteiger partial charge in [-0.1, -0.05) is 29.8 Å². The van der Waals surface area contributed by atoms with Crippen molar-refractivity contribution in [3.63, 3.8) is 0 Å². The Morgan fingerprint density at radius 1 is 1.35 bits per heavy atom. The molecule has 1 heterocycles. The molecule has 3 heteroatoms. The first-order chi connectivity index (χ1) is 8.11. The molecule has 0 spiro atoms. The van der Waals surface area contributed by atoms with Gasteiger partial charge in [0.2, 0.25) is 0 Å². The molecule has 1 aliphatic heterocycles. The predicted octanol–water partition coefficient (Wildman–Crippen LogP) is 3.42. The van der Waals surface area contributed by atoms with Gasteiger partial charge in [-0.2, -0.15) is 0 Å². The number of piperidine rings is 1. The lowest BCUT2D eigenvalue weighted by molar-refractivity contribution is 0.280. The van der Waals surface area contributed by atoms with Crippen LogP contribution in [0.25, 0.3) is 0 Å². The van der Waals surface area contributed by atoms with Crippen LogP contribution in [0.3, 0.4) is 0 Å². The Labute approximate surface area is 112 Å². The van der Waals surface area contributed by atoms with Crippen molar-refractivity contribution < 1.29 is 5.11 Å². The molecule has 1 aromatic rings. The van der Waals surface area contributed by atoms with Crippen molar-refractivity contribution in [3.8, 4) is 0 Å². The first-order valence-corrected chi connectivity index (χ1v) is 7.05. The van der Waals surface area contributed by atoms with Crippen molar-refractivity contribution in [1.82, 2.24) is 0 Å². The Morgan fingerprint density at radius 2 is 2.12 bits per heavy atom. The first kappa shape index (κ1) is 12.9. The van der Waals surface area contributed by atoms with Crippen molar-refractivity contribution in [1.29, 1.82) is 0 Å². The van der Waals surface area contributed by atoms with Gasteiger partial charge in [0.05, 0.1) is 6.61 Å². The van der Waals surface area contributed by atoms with Crippen LogP contribution in [0, 0.1) is 11.8 Å². The third-order valence-electron chi connectivity index (χ3n) is 3.89. The maximum atomic E-state index is 9.44. The van der Waals surface area contributed by atoms with Crippen LogP contribution >= 0.6 is 15.9 Å². The maximum absolute atomic E-state index is 9.44. The zero-order chi connectivity index (χ0) is 12.4. The third kappa shape index (κ3) is 2.83. The van der Waals surface area contributed by atoms with Crippen molar-refractivity contribution in [2.75, 3.05) is 18.0 Å². The molecule has 1 aromatic carbocycles. The zero-order valence-corrected chi connectivity index (χ0v) is 12.1. The summed E-state index contributed by atoms with van der Waals surface area (Å²) in [6.07, 6.45) is 1.24. The summed E-state index contributed by atoms with van der Waals surface area (Å²) in [7, 11) is 0. The Kier molecular flexibility index (Phi) is 4.10. The lowest BCUT2D eigenvalue weighted by Gasteiger charge is -2.37. The van der Waals surface area contributed by atoms with Crippen LogP contribution in [0.15, 0.2) is 22.7 Å². The number of nitrogens with zero attached hydrogens (tertiary/aromatic N) is 1. The topological polar surface area (TPSA) is 23.5 Å². The molecule has 1 N–H and O–H groups in total. The lowest BCUT2D eigenvalue weighted by Crippen LogP contribution is -2.38. The van der Waals surface area contributed by atoms with Gasteiger partial charge in [-0.05, 0) is 36.5 Å². The van der Waals surface area contributed by atoms with E-state index in [2.05, 4.69) is 46.8 Å². The number of rotatable bonds is 2. The van der Waals surface area contributed by atoms with Crippen LogP contribution < -0.4 is 4.90 Å². The number of hydrogen-bond donors (Lipinski definition) is 1. The third-order valence-corrected chi connectivity index (χ3v) is 4.38. The maximum Gasteiger partial charge on any atom is 0.0702 e. The van der Waals surface area contributed by atoms with Gasteiger partial charge in [0.15, 0.2) is 0 Å². The number of aliphatic hydroxyl groups excluding tert-OH is 1. The molecule has 0 saturated carbocycles. The van der Waals surface area contributed by atoms with E-state index >= 15 is 0 Å². The van der Waals surface area contributed by atoms with Gasteiger partial charge < -0.3 is 10.0 Å². The van der Waals surface area contributed by atoms with Gasteiger partial charge in [0, 0.05) is 28.8 Å². The summed E-state index contributed by atoms with van der Waals surface area (Å²) in [5.74, 6) is 1.53. The molecule has 1 aliphatic rings. The molecule has 0 aromatic heterocycles. The average molecular weight is 298 g/mol. The van der Waals surface area contributed by atoms with E-state index in [-0.39, 0.29) is 6.61 Å². The van der Waals surface area contributed by atoms with Crippen LogP contribution in [0.5, 0.6) is 0 Å². The van der Waals surface area contributed by atoms with E-state index in [9.17, 15) is 5.11 Å². The van der Waals surface area contributed by atoms with Crippen LogP contribution in [0.2, 0.25) is 0 Å². The molecule has 0 radical (unpaired) electrons. The highest BCUT2D eigenvalue weighted by Gasteiger charge is 2.23. The second-order valence-electron chi connectivity index (χ2n) is 5.12. The van der Waals surface area contributed by atoms with Gasteiger partial charge in [0.25, 0.3) is 0 Å². The molecule has 2 rings (SSSR count). The smallest absolute Gasteiger partial charge is 0.0702 e. The monoisotopic (exact) mass is 297 g/mol. The molecular weight excluding hydrogens is 278 g/mol. The Morgan fingerprint density at radius 3 is 2.76 bits per heavy atom. The molecule has 94 valence electrons. The molecule has 2 unspecified atom stereocenters. The minimum atomic E-state index is 0.106. The number of halogens is 1. The molecule has 2 nitrogen and oxygen atoms in total. The fourth-order valence-electron chi connectivity index (χ4n) is 2.47. The van der Waals surface area contributed by atoms with Crippen molar-refractivity contribution >= 4 is 21.6 Å². The van der Waals surface area contributed by atoms with Crippen LogP contribution in [-0.4, -0.2) is 18.2 Å². The quantitative estimate of drug-likeness (QED) is 0.904. The molecular formula is C14H20BrNO. The summed E-state index contributed by atoms with van der Waals surface area (Å²) in [6, 6.07) is 6.17. The minimum absolute atomic E-state index is 0.106. The van der Waals surface area contributed by atoms with Crippen LogP contribution in [0.1, 0.15) is 25.8 Å². The highest BCUT2D eigenvalue weighted by atomic mass is 79.9. The molecule has 0 aliphatic carbocycles. The standard InChI is InChI=1S/C14H20BrNO/c1-10-5-6-16(8-11(10)2)14-4-3-13(15)7-12(14)9-17/h3-4,7,10-11,17H,5-6,8-9H2,1-2H3. The summed E-state index contributed by atoms with van der Waals surface area (Å²) in [4.78, 5) is 2.41. The van der Waals surface area contributed by atoms with E-state index < -0.39 is 0 Å². The van der Waals surface area contributed by atoms with Crippen LogP contribution in [-0.2, 0) is 6.61 Å². The van der Waals surface area contributed by atoms with E-state index in [0.717, 1.165) is 35.0 Å². The fraction of sp³-hybridized carbons (Fsp3) is 0.571. The van der Waals surface area contributed by atoms with E-state index in [1.165, 1.54) is 12.1 Å². The molecule has 1 saturated heterocycles. The van der Waals surface area contributed by atoms with Crippen molar-refractivity contribution in [2.45, 2.75) is 26.9 Å². The Hall–Kier alpha value is -0.540. The second kappa shape index (κ2) is 5.40. The zero-order valence-electron chi connectivity index (χ0n) is 10.5. The summed E-state index contributed by atoms with van der Waals surface area (Å²) in [5, 5.41) is 9.44.